The maximum Gasteiger partial charge on any atom is 0.296 e. The summed E-state index contributed by atoms with van der Waals surface area (Å²) in [5.41, 5.74) is 0.373. The standard InChI is InChI=1S/C20H14Cl2N6O5S/c1-33-13-5-2-11(3-6-13)27-28-16-15(34(30,31)32)9-10-8-12(4-7-14(10)17(16)29)23-20-25-18(21)24-19(22)26-20/h2-9,29H,1H3,(H,30,31,32)(H,23,24,25,26). The number of methoxy groups -OCH3 is 1. The second-order valence-corrected chi connectivity index (χ2v) is 8.77. The molecule has 0 unspecified atom stereocenters. The molecule has 0 amide bonds. The highest BCUT2D eigenvalue weighted by Crippen LogP contribution is 2.42. The molecule has 0 bridgehead atoms. The van der Waals surface area contributed by atoms with Crippen LogP contribution in [0.5, 0.6) is 11.5 Å². The summed E-state index contributed by atoms with van der Waals surface area (Å²) in [6, 6.07) is 12.2. The minimum Gasteiger partial charge on any atom is -0.505 e. The third kappa shape index (κ3) is 5.15. The summed E-state index contributed by atoms with van der Waals surface area (Å²) in [5, 5.41) is 21.7. The fraction of sp³-hybridized carbons (Fsp3) is 0.0500. The Morgan fingerprint density at radius 1 is 0.971 bits per heavy atom. The van der Waals surface area contributed by atoms with Crippen molar-refractivity contribution in [1.82, 2.24) is 15.0 Å². The van der Waals surface area contributed by atoms with Gasteiger partial charge in [-0.1, -0.05) is 0 Å². The van der Waals surface area contributed by atoms with Crippen molar-refractivity contribution in [2.75, 3.05) is 12.4 Å². The average Bonchev–Trinajstić information content (AvgIpc) is 2.77. The molecule has 0 atom stereocenters. The van der Waals surface area contributed by atoms with Crippen molar-refractivity contribution in [2.45, 2.75) is 4.90 Å². The van der Waals surface area contributed by atoms with Gasteiger partial charge in [-0.15, -0.1) is 5.11 Å². The molecule has 0 saturated heterocycles. The first-order chi connectivity index (χ1) is 16.1. The van der Waals surface area contributed by atoms with E-state index >= 15 is 0 Å². The molecule has 0 saturated carbocycles. The van der Waals surface area contributed by atoms with Crippen LogP contribution in [0.2, 0.25) is 10.6 Å². The van der Waals surface area contributed by atoms with Crippen molar-refractivity contribution in [1.29, 1.82) is 0 Å². The molecule has 0 aliphatic rings. The number of hydrogen-bond donors (Lipinski definition) is 3. The summed E-state index contributed by atoms with van der Waals surface area (Å²) in [5.74, 6) is 0.158. The Morgan fingerprint density at radius 2 is 1.65 bits per heavy atom. The molecule has 174 valence electrons. The van der Waals surface area contributed by atoms with Crippen LogP contribution in [0.25, 0.3) is 10.8 Å². The van der Waals surface area contributed by atoms with E-state index in [1.807, 2.05) is 0 Å². The minimum atomic E-state index is -4.77. The number of aromatic nitrogens is 3. The molecule has 4 aromatic rings. The predicted octanol–water partition coefficient (Wildman–Crippen LogP) is 5.45. The molecule has 14 heteroatoms. The zero-order chi connectivity index (χ0) is 24.5. The van der Waals surface area contributed by atoms with Crippen molar-refractivity contribution in [3.63, 3.8) is 0 Å². The van der Waals surface area contributed by atoms with Gasteiger partial charge in [0.2, 0.25) is 16.5 Å². The molecule has 0 spiro atoms. The van der Waals surface area contributed by atoms with Crippen LogP contribution in [-0.2, 0) is 10.1 Å². The molecule has 11 nitrogen and oxygen atoms in total. The molecule has 3 N–H and O–H groups in total. The van der Waals surface area contributed by atoms with Crippen molar-refractivity contribution in [2.24, 2.45) is 10.2 Å². The highest BCUT2D eigenvalue weighted by Gasteiger charge is 2.22. The normalized spacial score (nSPS) is 11.8. The number of nitrogens with one attached hydrogen (secondary N) is 1. The summed E-state index contributed by atoms with van der Waals surface area (Å²) in [4.78, 5) is 10.8. The second kappa shape index (κ2) is 9.35. The summed E-state index contributed by atoms with van der Waals surface area (Å²) >= 11 is 11.5. The van der Waals surface area contributed by atoms with Crippen LogP contribution in [0.1, 0.15) is 0 Å². The van der Waals surface area contributed by atoms with E-state index < -0.39 is 26.5 Å². The quantitative estimate of drug-likeness (QED) is 0.221. The minimum absolute atomic E-state index is 0.0495. The predicted molar refractivity (Wildman–Crippen MR) is 126 cm³/mol. The lowest BCUT2D eigenvalue weighted by Gasteiger charge is -2.11. The summed E-state index contributed by atoms with van der Waals surface area (Å²) in [6.07, 6.45) is 0. The fourth-order valence-electron chi connectivity index (χ4n) is 2.99. The summed E-state index contributed by atoms with van der Waals surface area (Å²) in [6.45, 7) is 0. The van der Waals surface area contributed by atoms with E-state index in [0.29, 0.717) is 17.1 Å². The first kappa shape index (κ1) is 23.6. The van der Waals surface area contributed by atoms with Gasteiger partial charge in [0.15, 0.2) is 5.75 Å². The van der Waals surface area contributed by atoms with E-state index in [2.05, 4.69) is 30.5 Å². The Morgan fingerprint density at radius 3 is 2.26 bits per heavy atom. The van der Waals surface area contributed by atoms with E-state index in [4.69, 9.17) is 27.9 Å². The van der Waals surface area contributed by atoms with Crippen molar-refractivity contribution in [3.8, 4) is 11.5 Å². The molecular weight excluding hydrogens is 507 g/mol. The molecule has 3 aromatic carbocycles. The third-order valence-electron chi connectivity index (χ3n) is 4.50. The fourth-order valence-corrected chi connectivity index (χ4v) is 4.01. The van der Waals surface area contributed by atoms with Gasteiger partial charge < -0.3 is 15.2 Å². The Labute approximate surface area is 202 Å². The highest BCUT2D eigenvalue weighted by atomic mass is 35.5. The van der Waals surface area contributed by atoms with Crippen LogP contribution < -0.4 is 10.1 Å². The number of azo groups is 1. The second-order valence-electron chi connectivity index (χ2n) is 6.70. The molecule has 0 fully saturated rings. The van der Waals surface area contributed by atoms with Crippen LogP contribution in [0.3, 0.4) is 0 Å². The Bertz CT molecular complexity index is 1510. The number of hydrogen-bond acceptors (Lipinski definition) is 10. The molecule has 0 aliphatic carbocycles. The Balaban J connectivity index is 1.78. The van der Waals surface area contributed by atoms with Gasteiger partial charge in [0.1, 0.15) is 16.3 Å². The number of rotatable bonds is 6. The number of aromatic hydroxyl groups is 1. The van der Waals surface area contributed by atoms with Crippen LogP contribution in [0.15, 0.2) is 63.7 Å². The van der Waals surface area contributed by atoms with Gasteiger partial charge >= 0.3 is 0 Å². The molecular formula is C20H14Cl2N6O5S. The van der Waals surface area contributed by atoms with E-state index in [1.165, 1.54) is 19.2 Å². The first-order valence-electron chi connectivity index (χ1n) is 9.31. The number of phenols is 1. The van der Waals surface area contributed by atoms with Crippen molar-refractivity contribution < 1.29 is 22.8 Å². The maximum absolute atomic E-state index is 12.0. The monoisotopic (exact) mass is 520 g/mol. The van der Waals surface area contributed by atoms with Crippen LogP contribution in [0, 0.1) is 0 Å². The third-order valence-corrected chi connectivity index (χ3v) is 5.71. The van der Waals surface area contributed by atoms with E-state index in [1.54, 1.807) is 30.3 Å². The number of ether oxygens (including phenoxy) is 1. The van der Waals surface area contributed by atoms with Gasteiger partial charge in [-0.2, -0.15) is 28.5 Å². The van der Waals surface area contributed by atoms with Gasteiger partial charge in [0, 0.05) is 11.1 Å². The average molecular weight is 521 g/mol. The Kier molecular flexibility index (Phi) is 6.48. The summed E-state index contributed by atoms with van der Waals surface area (Å²) < 4.78 is 38.9. The van der Waals surface area contributed by atoms with Crippen LogP contribution >= 0.6 is 23.2 Å². The molecule has 4 rings (SSSR count). The number of fused-ring (bicyclic) bond motifs is 1. The Hall–Kier alpha value is -3.58. The number of phenolic OH excluding ortho intramolecular Hbond substituents is 1. The van der Waals surface area contributed by atoms with Gasteiger partial charge in [-0.25, -0.2) is 0 Å². The SMILES string of the molecule is COc1ccc(N=Nc2c(S(=O)(=O)O)cc3cc(Nc4nc(Cl)nc(Cl)n4)ccc3c2O)cc1. The van der Waals surface area contributed by atoms with Gasteiger partial charge in [-0.3, -0.25) is 4.55 Å². The van der Waals surface area contributed by atoms with Crippen molar-refractivity contribution >= 4 is 67.1 Å². The van der Waals surface area contributed by atoms with Crippen LogP contribution in [0.4, 0.5) is 23.0 Å². The maximum atomic E-state index is 12.0. The lowest BCUT2D eigenvalue weighted by molar-refractivity contribution is 0.415. The lowest BCUT2D eigenvalue weighted by atomic mass is 10.1. The zero-order valence-corrected chi connectivity index (χ0v) is 19.5. The zero-order valence-electron chi connectivity index (χ0n) is 17.1. The van der Waals surface area contributed by atoms with E-state index in [-0.39, 0.29) is 27.3 Å². The molecule has 1 heterocycles. The van der Waals surface area contributed by atoms with Crippen LogP contribution in [-0.4, -0.2) is 40.1 Å². The number of anilines is 2. The molecule has 0 radical (unpaired) electrons. The summed E-state index contributed by atoms with van der Waals surface area (Å²) in [7, 11) is -3.26. The smallest absolute Gasteiger partial charge is 0.296 e. The molecule has 1 aromatic heterocycles. The van der Waals surface area contributed by atoms with E-state index in [9.17, 15) is 18.1 Å². The van der Waals surface area contributed by atoms with Gasteiger partial charge in [-0.05, 0) is 77.1 Å². The highest BCUT2D eigenvalue weighted by molar-refractivity contribution is 7.86. The number of nitrogens with zero attached hydrogens (tertiary/aromatic N) is 5. The number of halogens is 2. The lowest BCUT2D eigenvalue weighted by Crippen LogP contribution is -2.00. The van der Waals surface area contributed by atoms with Crippen molar-refractivity contribution in [3.05, 3.63) is 59.1 Å². The largest absolute Gasteiger partial charge is 0.505 e. The molecule has 34 heavy (non-hydrogen) atoms. The topological polar surface area (TPSA) is 159 Å². The first-order valence-corrected chi connectivity index (χ1v) is 11.5. The molecule has 0 aliphatic heterocycles. The van der Waals surface area contributed by atoms with Gasteiger partial charge in [0.05, 0.1) is 12.8 Å². The number of benzene rings is 3. The van der Waals surface area contributed by atoms with Gasteiger partial charge in [0.25, 0.3) is 10.1 Å². The van der Waals surface area contributed by atoms with E-state index in [0.717, 1.165) is 6.07 Å².